The first-order chi connectivity index (χ1) is 11.2. The molecule has 0 spiro atoms. The van der Waals surface area contributed by atoms with Gasteiger partial charge in [0.05, 0.1) is 18.3 Å². The molecular formula is C18H22N2O3. The van der Waals surface area contributed by atoms with Crippen LogP contribution in [0.5, 0.6) is 0 Å². The van der Waals surface area contributed by atoms with E-state index in [4.69, 9.17) is 9.15 Å². The van der Waals surface area contributed by atoms with E-state index in [-0.39, 0.29) is 18.1 Å². The highest BCUT2D eigenvalue weighted by Crippen LogP contribution is 2.20. The zero-order valence-corrected chi connectivity index (χ0v) is 13.3. The van der Waals surface area contributed by atoms with E-state index >= 15 is 0 Å². The molecular weight excluding hydrogens is 292 g/mol. The lowest BCUT2D eigenvalue weighted by atomic mass is 10.1. The number of carbonyl (C=O) groups is 1. The lowest BCUT2D eigenvalue weighted by molar-refractivity contribution is -0.122. The fourth-order valence-electron chi connectivity index (χ4n) is 2.80. The van der Waals surface area contributed by atoms with Crippen LogP contribution in [0.25, 0.3) is 11.3 Å². The molecule has 2 aromatic rings. The Morgan fingerprint density at radius 1 is 1.39 bits per heavy atom. The van der Waals surface area contributed by atoms with Gasteiger partial charge in [-0.25, -0.2) is 4.98 Å². The third-order valence-electron chi connectivity index (χ3n) is 4.09. The maximum atomic E-state index is 12.0. The number of aryl methyl sites for hydroxylation is 1. The summed E-state index contributed by atoms with van der Waals surface area (Å²) in [6.45, 7) is 2.79. The van der Waals surface area contributed by atoms with Crippen LogP contribution >= 0.6 is 0 Å². The van der Waals surface area contributed by atoms with Gasteiger partial charge >= 0.3 is 0 Å². The number of hydrogen-bond donors (Lipinski definition) is 1. The predicted octanol–water partition coefficient (Wildman–Crippen LogP) is 2.96. The SMILES string of the molecule is CC(NC(=O)CCc1ncc(-c2ccccc2)o1)C1CCCO1. The molecule has 1 aromatic carbocycles. The molecule has 0 saturated carbocycles. The molecule has 2 heterocycles. The van der Waals surface area contributed by atoms with Crippen LogP contribution in [0.3, 0.4) is 0 Å². The summed E-state index contributed by atoms with van der Waals surface area (Å²) >= 11 is 0. The molecule has 1 fully saturated rings. The van der Waals surface area contributed by atoms with Crippen molar-refractivity contribution in [2.45, 2.75) is 44.8 Å². The zero-order chi connectivity index (χ0) is 16.1. The summed E-state index contributed by atoms with van der Waals surface area (Å²) < 4.78 is 11.3. The smallest absolute Gasteiger partial charge is 0.220 e. The van der Waals surface area contributed by atoms with Gasteiger partial charge in [-0.05, 0) is 19.8 Å². The van der Waals surface area contributed by atoms with E-state index in [9.17, 15) is 4.79 Å². The van der Waals surface area contributed by atoms with E-state index in [1.165, 1.54) is 0 Å². The Morgan fingerprint density at radius 3 is 2.96 bits per heavy atom. The Bertz CT molecular complexity index is 633. The molecule has 0 aliphatic carbocycles. The third-order valence-corrected chi connectivity index (χ3v) is 4.09. The quantitative estimate of drug-likeness (QED) is 0.890. The highest BCUT2D eigenvalue weighted by molar-refractivity contribution is 5.76. The second kappa shape index (κ2) is 7.42. The van der Waals surface area contributed by atoms with Crippen LogP contribution in [-0.2, 0) is 16.0 Å². The molecule has 1 aromatic heterocycles. The summed E-state index contributed by atoms with van der Waals surface area (Å²) in [5.74, 6) is 1.32. The normalized spacial score (nSPS) is 18.7. The van der Waals surface area contributed by atoms with Gasteiger partial charge in [0, 0.05) is 25.0 Å². The molecule has 1 saturated heterocycles. The van der Waals surface area contributed by atoms with Gasteiger partial charge in [0.1, 0.15) is 0 Å². The maximum absolute atomic E-state index is 12.0. The number of aromatic nitrogens is 1. The molecule has 0 radical (unpaired) electrons. The van der Waals surface area contributed by atoms with Gasteiger partial charge in [-0.15, -0.1) is 0 Å². The van der Waals surface area contributed by atoms with Crippen molar-refractivity contribution in [1.82, 2.24) is 10.3 Å². The molecule has 5 nitrogen and oxygen atoms in total. The van der Waals surface area contributed by atoms with E-state index in [0.717, 1.165) is 30.8 Å². The molecule has 1 aliphatic heterocycles. The molecule has 23 heavy (non-hydrogen) atoms. The third kappa shape index (κ3) is 4.20. The summed E-state index contributed by atoms with van der Waals surface area (Å²) in [4.78, 5) is 16.3. The predicted molar refractivity (Wildman–Crippen MR) is 86.8 cm³/mol. The summed E-state index contributed by atoms with van der Waals surface area (Å²) in [7, 11) is 0. The molecule has 1 aliphatic rings. The van der Waals surface area contributed by atoms with E-state index < -0.39 is 0 Å². The van der Waals surface area contributed by atoms with Crippen LogP contribution in [0.4, 0.5) is 0 Å². The molecule has 3 rings (SSSR count). The minimum absolute atomic E-state index is 0.00691. The van der Waals surface area contributed by atoms with E-state index in [1.807, 2.05) is 37.3 Å². The first-order valence-corrected chi connectivity index (χ1v) is 8.13. The fraction of sp³-hybridized carbons (Fsp3) is 0.444. The zero-order valence-electron chi connectivity index (χ0n) is 13.3. The minimum Gasteiger partial charge on any atom is -0.441 e. The lowest BCUT2D eigenvalue weighted by Gasteiger charge is -2.19. The standard InChI is InChI=1S/C18H22N2O3/c1-13(15-8-5-11-22-15)20-17(21)9-10-18-19-12-16(23-18)14-6-3-2-4-7-14/h2-4,6-7,12-13,15H,5,8-11H2,1H3,(H,20,21). The van der Waals surface area contributed by atoms with Gasteiger partial charge in [0.25, 0.3) is 0 Å². The molecule has 2 atom stereocenters. The van der Waals surface area contributed by atoms with E-state index in [1.54, 1.807) is 6.20 Å². The highest BCUT2D eigenvalue weighted by atomic mass is 16.5. The number of oxazole rings is 1. The summed E-state index contributed by atoms with van der Waals surface area (Å²) in [6.07, 6.45) is 4.80. The highest BCUT2D eigenvalue weighted by Gasteiger charge is 2.23. The van der Waals surface area contributed by atoms with Crippen molar-refractivity contribution in [1.29, 1.82) is 0 Å². The van der Waals surface area contributed by atoms with Gasteiger partial charge in [-0.1, -0.05) is 30.3 Å². The van der Waals surface area contributed by atoms with Crippen LogP contribution in [0.15, 0.2) is 40.9 Å². The van der Waals surface area contributed by atoms with Crippen LogP contribution < -0.4 is 5.32 Å². The largest absolute Gasteiger partial charge is 0.441 e. The molecule has 1 N–H and O–H groups in total. The van der Waals surface area contributed by atoms with Crippen molar-refractivity contribution in [2.75, 3.05) is 6.61 Å². The average molecular weight is 314 g/mol. The van der Waals surface area contributed by atoms with Gasteiger partial charge in [-0.3, -0.25) is 4.79 Å². The van der Waals surface area contributed by atoms with Crippen molar-refractivity contribution >= 4 is 5.91 Å². The number of benzene rings is 1. The molecule has 2 unspecified atom stereocenters. The van der Waals surface area contributed by atoms with Crippen molar-refractivity contribution in [2.24, 2.45) is 0 Å². The first kappa shape index (κ1) is 15.7. The number of rotatable bonds is 6. The van der Waals surface area contributed by atoms with Gasteiger partial charge < -0.3 is 14.5 Å². The number of amides is 1. The van der Waals surface area contributed by atoms with Crippen LogP contribution in [-0.4, -0.2) is 29.6 Å². The van der Waals surface area contributed by atoms with Crippen molar-refractivity contribution in [3.63, 3.8) is 0 Å². The Kier molecular flexibility index (Phi) is 5.08. The van der Waals surface area contributed by atoms with Crippen LogP contribution in [0.1, 0.15) is 32.1 Å². The van der Waals surface area contributed by atoms with Gasteiger partial charge in [0.2, 0.25) is 5.91 Å². The van der Waals surface area contributed by atoms with Crippen LogP contribution in [0.2, 0.25) is 0 Å². The van der Waals surface area contributed by atoms with E-state index in [2.05, 4.69) is 10.3 Å². The minimum atomic E-state index is 0.00691. The molecule has 1 amide bonds. The average Bonchev–Trinajstić information content (AvgIpc) is 3.25. The number of hydrogen-bond acceptors (Lipinski definition) is 4. The fourth-order valence-corrected chi connectivity index (χ4v) is 2.80. The lowest BCUT2D eigenvalue weighted by Crippen LogP contribution is -2.40. The number of nitrogens with one attached hydrogen (secondary N) is 1. The van der Waals surface area contributed by atoms with Crippen LogP contribution in [0, 0.1) is 0 Å². The van der Waals surface area contributed by atoms with E-state index in [0.29, 0.717) is 18.7 Å². The second-order valence-electron chi connectivity index (χ2n) is 5.89. The van der Waals surface area contributed by atoms with Crippen molar-refractivity contribution in [3.8, 4) is 11.3 Å². The number of carbonyl (C=O) groups excluding carboxylic acids is 1. The maximum Gasteiger partial charge on any atom is 0.220 e. The van der Waals surface area contributed by atoms with Gasteiger partial charge in [0.15, 0.2) is 11.7 Å². The Balaban J connectivity index is 1.48. The van der Waals surface area contributed by atoms with Gasteiger partial charge in [-0.2, -0.15) is 0 Å². The summed E-state index contributed by atoms with van der Waals surface area (Å²) in [6, 6.07) is 9.87. The first-order valence-electron chi connectivity index (χ1n) is 8.13. The topological polar surface area (TPSA) is 64.4 Å². The number of ether oxygens (including phenoxy) is 1. The Hall–Kier alpha value is -2.14. The monoisotopic (exact) mass is 314 g/mol. The summed E-state index contributed by atoms with van der Waals surface area (Å²) in [5.41, 5.74) is 0.989. The molecule has 0 bridgehead atoms. The van der Waals surface area contributed by atoms with Crippen molar-refractivity contribution in [3.05, 3.63) is 42.4 Å². The number of nitrogens with zero attached hydrogens (tertiary/aromatic N) is 1. The second-order valence-corrected chi connectivity index (χ2v) is 5.89. The molecule has 5 heteroatoms. The Labute approximate surface area is 136 Å². The summed E-state index contributed by atoms with van der Waals surface area (Å²) in [5, 5.41) is 3.00. The Morgan fingerprint density at radius 2 is 2.22 bits per heavy atom. The molecule has 122 valence electrons. The van der Waals surface area contributed by atoms with Crippen molar-refractivity contribution < 1.29 is 13.9 Å².